The first-order valence-electron chi connectivity index (χ1n) is 9.76. The topological polar surface area (TPSA) is 61.9 Å². The maximum absolute atomic E-state index is 12.8. The number of rotatable bonds is 2. The van der Waals surface area contributed by atoms with Gasteiger partial charge in [-0.1, -0.05) is 30.3 Å². The van der Waals surface area contributed by atoms with Crippen LogP contribution in [0.25, 0.3) is 0 Å². The summed E-state index contributed by atoms with van der Waals surface area (Å²) >= 11 is 0. The number of likely N-dealkylation sites (tertiary alicyclic amines) is 1. The lowest BCUT2D eigenvalue weighted by Crippen LogP contribution is -2.36. The third-order valence-corrected chi connectivity index (χ3v) is 5.58. The van der Waals surface area contributed by atoms with Gasteiger partial charge >= 0.3 is 6.03 Å². The van der Waals surface area contributed by atoms with Crippen LogP contribution in [0.15, 0.2) is 48.5 Å². The highest BCUT2D eigenvalue weighted by molar-refractivity contribution is 5.98. The van der Waals surface area contributed by atoms with E-state index in [0.29, 0.717) is 17.4 Å². The van der Waals surface area contributed by atoms with E-state index in [1.165, 1.54) is 5.56 Å². The molecular formula is C22H25N3O3. The maximum atomic E-state index is 12.8. The molecule has 2 aromatic carbocycles. The number of nitrogens with one attached hydrogen (secondary N) is 1. The van der Waals surface area contributed by atoms with Crippen molar-refractivity contribution in [3.8, 4) is 5.75 Å². The van der Waals surface area contributed by atoms with E-state index in [1.54, 1.807) is 30.1 Å². The normalized spacial score (nSPS) is 19.5. The first kappa shape index (κ1) is 18.3. The number of hydrogen-bond acceptors (Lipinski definition) is 3. The van der Waals surface area contributed by atoms with E-state index in [0.717, 1.165) is 38.0 Å². The van der Waals surface area contributed by atoms with E-state index in [1.807, 2.05) is 11.0 Å². The highest BCUT2D eigenvalue weighted by Crippen LogP contribution is 2.34. The molecule has 146 valence electrons. The number of ether oxygens (including phenoxy) is 1. The second-order valence-corrected chi connectivity index (χ2v) is 7.38. The fraction of sp³-hybridized carbons (Fsp3) is 0.364. The Morgan fingerprint density at radius 2 is 1.93 bits per heavy atom. The molecule has 0 aromatic heterocycles. The molecule has 6 heteroatoms. The number of amides is 3. The summed E-state index contributed by atoms with van der Waals surface area (Å²) in [4.78, 5) is 27.9. The minimum Gasteiger partial charge on any atom is -0.481 e. The van der Waals surface area contributed by atoms with Gasteiger partial charge in [0.2, 0.25) is 0 Å². The Hall–Kier alpha value is -3.02. The average molecular weight is 379 g/mol. The Morgan fingerprint density at radius 1 is 1.11 bits per heavy atom. The summed E-state index contributed by atoms with van der Waals surface area (Å²) in [5, 5.41) is 2.97. The number of hydrogen-bond donors (Lipinski definition) is 1. The Balaban J connectivity index is 1.39. The minimum absolute atomic E-state index is 0.0217. The van der Waals surface area contributed by atoms with Gasteiger partial charge in [0.25, 0.3) is 5.91 Å². The van der Waals surface area contributed by atoms with Gasteiger partial charge in [-0.3, -0.25) is 4.79 Å². The first-order valence-corrected chi connectivity index (χ1v) is 9.76. The van der Waals surface area contributed by atoms with Crippen LogP contribution in [0.4, 0.5) is 16.2 Å². The van der Waals surface area contributed by atoms with E-state index >= 15 is 0 Å². The highest BCUT2D eigenvalue weighted by Gasteiger charge is 2.24. The van der Waals surface area contributed by atoms with Crippen LogP contribution in [-0.2, 0) is 4.79 Å². The van der Waals surface area contributed by atoms with E-state index in [9.17, 15) is 9.59 Å². The van der Waals surface area contributed by atoms with E-state index in [4.69, 9.17) is 4.74 Å². The summed E-state index contributed by atoms with van der Waals surface area (Å²) in [5.74, 6) is 1.03. The van der Waals surface area contributed by atoms with Crippen LogP contribution in [0.5, 0.6) is 5.75 Å². The molecule has 0 aliphatic carbocycles. The molecular weight excluding hydrogens is 354 g/mol. The van der Waals surface area contributed by atoms with Crippen molar-refractivity contribution in [2.75, 3.05) is 37.0 Å². The van der Waals surface area contributed by atoms with E-state index in [2.05, 4.69) is 29.6 Å². The molecule has 0 radical (unpaired) electrons. The fourth-order valence-corrected chi connectivity index (χ4v) is 3.92. The van der Waals surface area contributed by atoms with Crippen molar-refractivity contribution in [2.45, 2.75) is 25.2 Å². The predicted octanol–water partition coefficient (Wildman–Crippen LogP) is 3.84. The number of fused-ring (bicyclic) bond motifs is 1. The summed E-state index contributed by atoms with van der Waals surface area (Å²) in [6, 6.07) is 15.8. The second-order valence-electron chi connectivity index (χ2n) is 7.38. The van der Waals surface area contributed by atoms with Crippen LogP contribution >= 0.6 is 0 Å². The van der Waals surface area contributed by atoms with Crippen molar-refractivity contribution in [1.82, 2.24) is 4.90 Å². The monoisotopic (exact) mass is 379 g/mol. The van der Waals surface area contributed by atoms with Gasteiger partial charge in [-0.05, 0) is 42.9 Å². The molecule has 1 saturated heterocycles. The predicted molar refractivity (Wildman–Crippen MR) is 109 cm³/mol. The van der Waals surface area contributed by atoms with Crippen LogP contribution in [0.3, 0.4) is 0 Å². The highest BCUT2D eigenvalue weighted by atomic mass is 16.5. The summed E-state index contributed by atoms with van der Waals surface area (Å²) in [7, 11) is 1.72. The van der Waals surface area contributed by atoms with E-state index in [-0.39, 0.29) is 18.5 Å². The number of likely N-dealkylation sites (N-methyl/N-ethyl adjacent to an activating group) is 1. The van der Waals surface area contributed by atoms with Gasteiger partial charge in [0.1, 0.15) is 5.75 Å². The number of carbonyl (C=O) groups excluding carboxylic acids is 2. The quantitative estimate of drug-likeness (QED) is 0.862. The summed E-state index contributed by atoms with van der Waals surface area (Å²) in [5.41, 5.74) is 2.75. The zero-order valence-corrected chi connectivity index (χ0v) is 16.1. The summed E-state index contributed by atoms with van der Waals surface area (Å²) in [6.45, 7) is 1.52. The molecule has 2 heterocycles. The minimum atomic E-state index is -0.0890. The molecule has 4 rings (SSSR count). The Morgan fingerprint density at radius 3 is 2.75 bits per heavy atom. The molecule has 6 nitrogen and oxygen atoms in total. The molecule has 0 spiro atoms. The molecule has 28 heavy (non-hydrogen) atoms. The van der Waals surface area contributed by atoms with E-state index < -0.39 is 0 Å². The lowest BCUT2D eigenvalue weighted by Gasteiger charge is -2.26. The molecule has 0 saturated carbocycles. The second kappa shape index (κ2) is 7.92. The third-order valence-electron chi connectivity index (χ3n) is 5.58. The van der Waals surface area contributed by atoms with Gasteiger partial charge in [-0.15, -0.1) is 0 Å². The molecule has 2 aromatic rings. The summed E-state index contributed by atoms with van der Waals surface area (Å²) in [6.07, 6.45) is 3.06. The Labute approximate surface area is 165 Å². The fourth-order valence-electron chi connectivity index (χ4n) is 3.92. The largest absolute Gasteiger partial charge is 0.481 e. The zero-order valence-electron chi connectivity index (χ0n) is 16.1. The molecule has 1 fully saturated rings. The zero-order chi connectivity index (χ0) is 19.5. The van der Waals surface area contributed by atoms with Crippen molar-refractivity contribution in [3.05, 3.63) is 54.1 Å². The SMILES string of the molecule is CN1C(=O)COc2cc(NC(=O)N3CCCC(c4ccccc4)CC3)ccc21. The van der Waals surface area contributed by atoms with Crippen molar-refractivity contribution >= 4 is 23.3 Å². The van der Waals surface area contributed by atoms with Crippen molar-refractivity contribution in [3.63, 3.8) is 0 Å². The van der Waals surface area contributed by atoms with Gasteiger partial charge in [-0.2, -0.15) is 0 Å². The Kier molecular flexibility index (Phi) is 5.19. The van der Waals surface area contributed by atoms with Crippen LogP contribution in [-0.4, -0.2) is 43.6 Å². The van der Waals surface area contributed by atoms with Crippen LogP contribution < -0.4 is 15.0 Å². The van der Waals surface area contributed by atoms with Crippen LogP contribution in [0.2, 0.25) is 0 Å². The lowest BCUT2D eigenvalue weighted by molar-refractivity contribution is -0.120. The van der Waals surface area contributed by atoms with Crippen molar-refractivity contribution in [2.24, 2.45) is 0 Å². The molecule has 2 aliphatic rings. The molecule has 1 atom stereocenters. The van der Waals surface area contributed by atoms with Gasteiger partial charge in [0, 0.05) is 31.9 Å². The maximum Gasteiger partial charge on any atom is 0.321 e. The number of urea groups is 1. The number of nitrogens with zero attached hydrogens (tertiary/aromatic N) is 2. The van der Waals surface area contributed by atoms with Crippen molar-refractivity contribution in [1.29, 1.82) is 0 Å². The molecule has 1 N–H and O–H groups in total. The van der Waals surface area contributed by atoms with Gasteiger partial charge in [-0.25, -0.2) is 4.79 Å². The smallest absolute Gasteiger partial charge is 0.321 e. The average Bonchev–Trinajstić information content (AvgIpc) is 2.98. The standard InChI is InChI=1S/C22H25N3O3/c1-24-19-10-9-18(14-20(19)28-15-21(24)26)23-22(27)25-12-5-8-17(11-13-25)16-6-3-2-4-7-16/h2-4,6-7,9-10,14,17H,5,8,11-13,15H2,1H3,(H,23,27). The number of anilines is 2. The van der Waals surface area contributed by atoms with Crippen molar-refractivity contribution < 1.29 is 14.3 Å². The number of carbonyl (C=O) groups is 2. The van der Waals surface area contributed by atoms with Gasteiger partial charge in [0.05, 0.1) is 5.69 Å². The molecule has 1 unspecified atom stereocenters. The molecule has 3 amide bonds. The van der Waals surface area contributed by atoms with Gasteiger partial charge in [0.15, 0.2) is 6.61 Å². The molecule has 0 bridgehead atoms. The van der Waals surface area contributed by atoms with Crippen LogP contribution in [0.1, 0.15) is 30.7 Å². The van der Waals surface area contributed by atoms with Gasteiger partial charge < -0.3 is 19.9 Å². The Bertz CT molecular complexity index is 869. The first-order chi connectivity index (χ1) is 13.6. The molecule has 2 aliphatic heterocycles. The number of benzene rings is 2. The van der Waals surface area contributed by atoms with Crippen LogP contribution in [0, 0.1) is 0 Å². The lowest BCUT2D eigenvalue weighted by atomic mass is 9.92. The third kappa shape index (κ3) is 3.81. The summed E-state index contributed by atoms with van der Waals surface area (Å²) < 4.78 is 5.50.